The van der Waals surface area contributed by atoms with Crippen LogP contribution in [-0.4, -0.2) is 87.2 Å². The summed E-state index contributed by atoms with van der Waals surface area (Å²) in [5, 5.41) is 8.06. The zero-order chi connectivity index (χ0) is 14.1. The molecule has 2 heterocycles. The molecule has 0 aromatic carbocycles. The number of aliphatic hydroxyl groups excluding tert-OH is 1. The van der Waals surface area contributed by atoms with E-state index in [-0.39, 0.29) is 24.5 Å². The highest BCUT2D eigenvalue weighted by atomic mass is 32.2. The maximum absolute atomic E-state index is 12.3. The third-order valence-electron chi connectivity index (χ3n) is 3.72. The summed E-state index contributed by atoms with van der Waals surface area (Å²) < 4.78 is 48.8. The number of hydrogen-bond donors (Lipinski definition) is 1. The standard InChI is InChI=1S/C10H20N2O5S2/c13-7-6-11-2-4-12(5-3-11)19(16,17)10-1-8-18(14,15)9-10/h10,13H,1-9H2. The number of rotatable bonds is 4. The third kappa shape index (κ3) is 3.46. The lowest BCUT2D eigenvalue weighted by Crippen LogP contribution is -2.51. The van der Waals surface area contributed by atoms with Crippen molar-refractivity contribution in [2.75, 3.05) is 50.8 Å². The van der Waals surface area contributed by atoms with Gasteiger partial charge in [-0.1, -0.05) is 0 Å². The Labute approximate surface area is 114 Å². The number of nitrogens with zero attached hydrogens (tertiary/aromatic N) is 2. The summed E-state index contributed by atoms with van der Waals surface area (Å²) in [5.74, 6) is -0.270. The van der Waals surface area contributed by atoms with E-state index in [4.69, 9.17) is 5.11 Å². The summed E-state index contributed by atoms with van der Waals surface area (Å²) in [6.45, 7) is 2.52. The molecule has 1 unspecified atom stereocenters. The number of sulfone groups is 1. The van der Waals surface area contributed by atoms with Crippen LogP contribution in [0.25, 0.3) is 0 Å². The average Bonchev–Trinajstić information content (AvgIpc) is 2.71. The van der Waals surface area contributed by atoms with E-state index in [1.165, 1.54) is 4.31 Å². The van der Waals surface area contributed by atoms with Gasteiger partial charge < -0.3 is 5.11 Å². The summed E-state index contributed by atoms with van der Waals surface area (Å²) in [6.07, 6.45) is 0.210. The van der Waals surface area contributed by atoms with Gasteiger partial charge in [-0.3, -0.25) is 4.90 Å². The van der Waals surface area contributed by atoms with E-state index < -0.39 is 25.1 Å². The van der Waals surface area contributed by atoms with Gasteiger partial charge in [-0.2, -0.15) is 4.31 Å². The van der Waals surface area contributed by atoms with Gasteiger partial charge in [0.05, 0.1) is 23.4 Å². The van der Waals surface area contributed by atoms with Crippen molar-refractivity contribution < 1.29 is 21.9 Å². The number of hydrogen-bond acceptors (Lipinski definition) is 6. The zero-order valence-electron chi connectivity index (χ0n) is 10.7. The molecular formula is C10H20N2O5S2. The molecule has 2 aliphatic rings. The van der Waals surface area contributed by atoms with Gasteiger partial charge in [-0.15, -0.1) is 0 Å². The predicted octanol–water partition coefficient (Wildman–Crippen LogP) is -1.89. The molecule has 0 radical (unpaired) electrons. The highest BCUT2D eigenvalue weighted by Gasteiger charge is 2.41. The largest absolute Gasteiger partial charge is 0.395 e. The Hall–Kier alpha value is -0.220. The summed E-state index contributed by atoms with van der Waals surface area (Å²) in [7, 11) is -6.69. The maximum atomic E-state index is 12.3. The van der Waals surface area contributed by atoms with Gasteiger partial charge >= 0.3 is 0 Å². The molecule has 0 aromatic rings. The fourth-order valence-electron chi connectivity index (χ4n) is 2.56. The topological polar surface area (TPSA) is 95.0 Å². The smallest absolute Gasteiger partial charge is 0.218 e. The molecule has 0 bridgehead atoms. The van der Waals surface area contributed by atoms with E-state index >= 15 is 0 Å². The third-order valence-corrected chi connectivity index (χ3v) is 8.03. The summed E-state index contributed by atoms with van der Waals surface area (Å²) in [4.78, 5) is 2.00. The first-order valence-electron chi connectivity index (χ1n) is 6.38. The van der Waals surface area contributed by atoms with Gasteiger partial charge in [0.1, 0.15) is 0 Å². The van der Waals surface area contributed by atoms with Crippen LogP contribution in [0.5, 0.6) is 0 Å². The predicted molar refractivity (Wildman–Crippen MR) is 71.1 cm³/mol. The van der Waals surface area contributed by atoms with Crippen molar-refractivity contribution in [2.24, 2.45) is 0 Å². The van der Waals surface area contributed by atoms with Crippen LogP contribution < -0.4 is 0 Å². The molecule has 0 aliphatic carbocycles. The number of aliphatic hydroxyl groups is 1. The fourth-order valence-corrected chi connectivity index (χ4v) is 7.07. The van der Waals surface area contributed by atoms with Crippen LogP contribution in [-0.2, 0) is 19.9 Å². The normalized spacial score (nSPS) is 29.6. The molecular weight excluding hydrogens is 292 g/mol. The van der Waals surface area contributed by atoms with Gasteiger partial charge in [-0.25, -0.2) is 16.8 Å². The minimum absolute atomic E-state index is 0.0264. The van der Waals surface area contributed by atoms with Crippen LogP contribution in [0.3, 0.4) is 0 Å². The molecule has 1 N–H and O–H groups in total. The summed E-state index contributed by atoms with van der Waals surface area (Å²) in [5.41, 5.74) is 0. The minimum atomic E-state index is -3.51. The van der Waals surface area contributed by atoms with E-state index in [0.29, 0.717) is 32.7 Å². The second-order valence-corrected chi connectivity index (χ2v) is 9.48. The highest BCUT2D eigenvalue weighted by Crippen LogP contribution is 2.23. The molecule has 7 nitrogen and oxygen atoms in total. The van der Waals surface area contributed by atoms with E-state index in [9.17, 15) is 16.8 Å². The molecule has 0 amide bonds. The Morgan fingerprint density at radius 3 is 2.26 bits per heavy atom. The lowest BCUT2D eigenvalue weighted by molar-refractivity contribution is 0.151. The quantitative estimate of drug-likeness (QED) is 0.652. The molecule has 1 atom stereocenters. The number of sulfonamides is 1. The van der Waals surface area contributed by atoms with Crippen LogP contribution in [0, 0.1) is 0 Å². The number of β-amino-alcohol motifs (C(OH)–C–C–N with tert-alkyl or cyclic N) is 1. The first-order chi connectivity index (χ1) is 8.85. The first kappa shape index (κ1) is 15.2. The molecule has 2 fully saturated rings. The monoisotopic (exact) mass is 312 g/mol. The van der Waals surface area contributed by atoms with Crippen LogP contribution >= 0.6 is 0 Å². The van der Waals surface area contributed by atoms with Crippen molar-refractivity contribution in [3.63, 3.8) is 0 Å². The van der Waals surface area contributed by atoms with Gasteiger partial charge in [0.15, 0.2) is 9.84 Å². The van der Waals surface area contributed by atoms with Gasteiger partial charge in [0.2, 0.25) is 10.0 Å². The van der Waals surface area contributed by atoms with Gasteiger partial charge in [0, 0.05) is 32.7 Å². The van der Waals surface area contributed by atoms with Crippen molar-refractivity contribution in [1.29, 1.82) is 0 Å². The molecule has 0 aromatic heterocycles. The lowest BCUT2D eigenvalue weighted by Gasteiger charge is -2.34. The molecule has 0 saturated carbocycles. The Balaban J connectivity index is 1.98. The van der Waals surface area contributed by atoms with Crippen molar-refractivity contribution >= 4 is 19.9 Å². The molecule has 0 spiro atoms. The fraction of sp³-hybridized carbons (Fsp3) is 1.00. The lowest BCUT2D eigenvalue weighted by atomic mass is 10.4. The van der Waals surface area contributed by atoms with E-state index in [1.807, 2.05) is 4.90 Å². The highest BCUT2D eigenvalue weighted by molar-refractivity contribution is 7.95. The Kier molecular flexibility index (Phi) is 4.51. The zero-order valence-corrected chi connectivity index (χ0v) is 12.4. The van der Waals surface area contributed by atoms with E-state index in [2.05, 4.69) is 0 Å². The van der Waals surface area contributed by atoms with Crippen molar-refractivity contribution in [3.8, 4) is 0 Å². The van der Waals surface area contributed by atoms with Gasteiger partial charge in [-0.05, 0) is 6.42 Å². The van der Waals surface area contributed by atoms with Crippen molar-refractivity contribution in [3.05, 3.63) is 0 Å². The second kappa shape index (κ2) is 5.65. The van der Waals surface area contributed by atoms with Crippen LogP contribution in [0.15, 0.2) is 0 Å². The Morgan fingerprint density at radius 1 is 1.16 bits per heavy atom. The van der Waals surface area contributed by atoms with Crippen molar-refractivity contribution in [1.82, 2.24) is 9.21 Å². The average molecular weight is 312 g/mol. The summed E-state index contributed by atoms with van der Waals surface area (Å²) >= 11 is 0. The van der Waals surface area contributed by atoms with Crippen molar-refractivity contribution in [2.45, 2.75) is 11.7 Å². The molecule has 2 saturated heterocycles. The molecule has 9 heteroatoms. The minimum Gasteiger partial charge on any atom is -0.395 e. The van der Waals surface area contributed by atoms with Gasteiger partial charge in [0.25, 0.3) is 0 Å². The SMILES string of the molecule is O=S1(=O)CCC(S(=O)(=O)N2CCN(CCO)CC2)C1. The van der Waals surface area contributed by atoms with Crippen LogP contribution in [0.1, 0.15) is 6.42 Å². The van der Waals surface area contributed by atoms with Crippen LogP contribution in [0.4, 0.5) is 0 Å². The Bertz CT molecular complexity index is 508. The molecule has 2 aliphatic heterocycles. The number of piperazine rings is 1. The molecule has 112 valence electrons. The second-order valence-electron chi connectivity index (χ2n) is 5.03. The van der Waals surface area contributed by atoms with Crippen LogP contribution in [0.2, 0.25) is 0 Å². The molecule has 2 rings (SSSR count). The first-order valence-corrected chi connectivity index (χ1v) is 9.70. The van der Waals surface area contributed by atoms with E-state index in [0.717, 1.165) is 0 Å². The summed E-state index contributed by atoms with van der Waals surface area (Å²) in [6, 6.07) is 0. The van der Waals surface area contributed by atoms with E-state index in [1.54, 1.807) is 0 Å². The Morgan fingerprint density at radius 2 is 1.79 bits per heavy atom. The maximum Gasteiger partial charge on any atom is 0.218 e. The molecule has 19 heavy (non-hydrogen) atoms.